The summed E-state index contributed by atoms with van der Waals surface area (Å²) in [5.74, 6) is 2.63. The summed E-state index contributed by atoms with van der Waals surface area (Å²) in [4.78, 5) is 22.5. The van der Waals surface area contributed by atoms with Gasteiger partial charge in [-0.25, -0.2) is 15.0 Å². The highest BCUT2D eigenvalue weighted by Gasteiger charge is 2.27. The summed E-state index contributed by atoms with van der Waals surface area (Å²) in [6.45, 7) is 5.19. The van der Waals surface area contributed by atoms with E-state index in [4.69, 9.17) is 9.47 Å². The molecule has 2 aliphatic rings. The van der Waals surface area contributed by atoms with Crippen LogP contribution in [0.5, 0.6) is 5.75 Å². The number of benzene rings is 1. The molecule has 1 aromatic carbocycles. The third kappa shape index (κ3) is 4.46. The van der Waals surface area contributed by atoms with Crippen molar-refractivity contribution in [3.63, 3.8) is 0 Å². The molecule has 32 heavy (non-hydrogen) atoms. The van der Waals surface area contributed by atoms with Crippen LogP contribution in [0.15, 0.2) is 36.8 Å². The molecule has 0 bridgehead atoms. The average Bonchev–Trinajstić information content (AvgIpc) is 2.84. The van der Waals surface area contributed by atoms with Gasteiger partial charge >= 0.3 is 0 Å². The molecule has 1 aliphatic carbocycles. The average molecular weight is 435 g/mol. The van der Waals surface area contributed by atoms with Crippen molar-refractivity contribution < 1.29 is 9.47 Å². The summed E-state index contributed by atoms with van der Waals surface area (Å²) in [5, 5.41) is 0. The zero-order chi connectivity index (χ0) is 21.9. The Morgan fingerprint density at radius 2 is 1.78 bits per heavy atom. The van der Waals surface area contributed by atoms with Crippen molar-refractivity contribution in [2.45, 2.75) is 44.8 Å². The van der Waals surface area contributed by atoms with Gasteiger partial charge in [0.2, 0.25) is 0 Å². The third-order valence-electron chi connectivity index (χ3n) is 6.51. The maximum Gasteiger partial charge on any atom is 0.149 e. The van der Waals surface area contributed by atoms with Crippen molar-refractivity contribution in [3.05, 3.63) is 42.6 Å². The SMILES string of the molecule is Cc1nccc(N(C)[C@H]2CC[C@@H](Oc3cc(N4CCOCC4)cc4nccnc34)CC2)n1. The quantitative estimate of drug-likeness (QED) is 0.605. The molecule has 168 valence electrons. The van der Waals surface area contributed by atoms with Crippen molar-refractivity contribution in [2.24, 2.45) is 0 Å². The van der Waals surface area contributed by atoms with Gasteiger partial charge < -0.3 is 19.3 Å². The first-order valence-corrected chi connectivity index (χ1v) is 11.4. The van der Waals surface area contributed by atoms with Crippen LogP contribution < -0.4 is 14.5 Å². The smallest absolute Gasteiger partial charge is 0.149 e. The summed E-state index contributed by atoms with van der Waals surface area (Å²) >= 11 is 0. The fourth-order valence-electron chi connectivity index (χ4n) is 4.68. The second kappa shape index (κ2) is 9.24. The van der Waals surface area contributed by atoms with Gasteiger partial charge in [0, 0.05) is 56.5 Å². The summed E-state index contributed by atoms with van der Waals surface area (Å²) in [5.41, 5.74) is 2.84. The van der Waals surface area contributed by atoms with Crippen LogP contribution >= 0.6 is 0 Å². The summed E-state index contributed by atoms with van der Waals surface area (Å²) < 4.78 is 12.1. The molecule has 1 saturated heterocycles. The molecule has 0 amide bonds. The van der Waals surface area contributed by atoms with E-state index in [0.717, 1.165) is 86.1 Å². The number of rotatable bonds is 5. The molecule has 3 heterocycles. The standard InChI is InChI=1S/C24H30N6O2/c1-17-25-8-7-23(28-17)29(2)18-3-5-20(6-4-18)32-22-16-19(30-11-13-31-14-12-30)15-21-24(22)27-10-9-26-21/h7-10,15-16,18,20H,3-6,11-14H2,1-2H3/t18-,20+. The van der Waals surface area contributed by atoms with E-state index in [1.54, 1.807) is 12.4 Å². The fourth-order valence-corrected chi connectivity index (χ4v) is 4.68. The predicted octanol–water partition coefficient (Wildman–Crippen LogP) is 3.39. The van der Waals surface area contributed by atoms with Crippen molar-refractivity contribution in [2.75, 3.05) is 43.2 Å². The Hall–Kier alpha value is -3.00. The van der Waals surface area contributed by atoms with Crippen LogP contribution in [0.3, 0.4) is 0 Å². The minimum Gasteiger partial charge on any atom is -0.488 e. The van der Waals surface area contributed by atoms with Crippen molar-refractivity contribution in [1.29, 1.82) is 0 Å². The number of hydrogen-bond acceptors (Lipinski definition) is 8. The largest absolute Gasteiger partial charge is 0.488 e. The van der Waals surface area contributed by atoms with Gasteiger partial charge in [-0.05, 0) is 44.7 Å². The molecule has 1 saturated carbocycles. The topological polar surface area (TPSA) is 76.5 Å². The van der Waals surface area contributed by atoms with Crippen molar-refractivity contribution >= 4 is 22.5 Å². The normalized spacial score (nSPS) is 21.5. The predicted molar refractivity (Wildman–Crippen MR) is 124 cm³/mol. The van der Waals surface area contributed by atoms with Gasteiger partial charge in [0.05, 0.1) is 24.8 Å². The van der Waals surface area contributed by atoms with E-state index in [-0.39, 0.29) is 6.10 Å². The van der Waals surface area contributed by atoms with Crippen LogP contribution in [-0.2, 0) is 4.74 Å². The molecule has 3 aromatic rings. The Morgan fingerprint density at radius 1 is 1.00 bits per heavy atom. The molecule has 2 aromatic heterocycles. The van der Waals surface area contributed by atoms with Gasteiger partial charge in [-0.2, -0.15) is 0 Å². The van der Waals surface area contributed by atoms with E-state index in [1.807, 2.05) is 19.2 Å². The summed E-state index contributed by atoms with van der Waals surface area (Å²) in [7, 11) is 2.13. The fraction of sp³-hybridized carbons (Fsp3) is 0.500. The molecule has 0 radical (unpaired) electrons. The lowest BCUT2D eigenvalue weighted by molar-refractivity contribution is 0.122. The molecule has 0 spiro atoms. The van der Waals surface area contributed by atoms with Gasteiger partial charge in [0.25, 0.3) is 0 Å². The molecule has 5 rings (SSSR count). The van der Waals surface area contributed by atoms with Crippen LogP contribution in [0.4, 0.5) is 11.5 Å². The number of nitrogens with zero attached hydrogens (tertiary/aromatic N) is 6. The first-order valence-electron chi connectivity index (χ1n) is 11.4. The van der Waals surface area contributed by atoms with Gasteiger partial charge in [-0.1, -0.05) is 0 Å². The lowest BCUT2D eigenvalue weighted by atomic mass is 9.92. The van der Waals surface area contributed by atoms with Crippen LogP contribution in [0.2, 0.25) is 0 Å². The first kappa shape index (κ1) is 20.9. The molecule has 8 heteroatoms. The van der Waals surface area contributed by atoms with Crippen LogP contribution in [0.25, 0.3) is 11.0 Å². The maximum absolute atomic E-state index is 6.55. The Labute approximate surface area is 188 Å². The molecular formula is C24H30N6O2. The van der Waals surface area contributed by atoms with E-state index in [0.29, 0.717) is 6.04 Å². The Bertz CT molecular complexity index is 1060. The highest BCUT2D eigenvalue weighted by Crippen LogP contribution is 2.34. The summed E-state index contributed by atoms with van der Waals surface area (Å²) in [6, 6.07) is 6.68. The van der Waals surface area contributed by atoms with E-state index in [2.05, 4.69) is 48.9 Å². The zero-order valence-corrected chi connectivity index (χ0v) is 18.8. The van der Waals surface area contributed by atoms with Gasteiger partial charge in [0.1, 0.15) is 22.9 Å². The van der Waals surface area contributed by atoms with Crippen LogP contribution in [-0.4, -0.2) is 65.4 Å². The van der Waals surface area contributed by atoms with E-state index in [9.17, 15) is 0 Å². The highest BCUT2D eigenvalue weighted by molar-refractivity contribution is 5.85. The van der Waals surface area contributed by atoms with E-state index < -0.39 is 0 Å². The number of ether oxygens (including phenoxy) is 2. The molecule has 8 nitrogen and oxygen atoms in total. The van der Waals surface area contributed by atoms with Crippen molar-refractivity contribution in [3.8, 4) is 5.75 Å². The second-order valence-corrected chi connectivity index (χ2v) is 8.59. The minimum absolute atomic E-state index is 0.178. The molecule has 0 atom stereocenters. The third-order valence-corrected chi connectivity index (χ3v) is 6.51. The second-order valence-electron chi connectivity index (χ2n) is 8.59. The van der Waals surface area contributed by atoms with Crippen LogP contribution in [0, 0.1) is 6.92 Å². The lowest BCUT2D eigenvalue weighted by Crippen LogP contribution is -2.38. The van der Waals surface area contributed by atoms with Crippen LogP contribution in [0.1, 0.15) is 31.5 Å². The molecule has 1 aliphatic heterocycles. The summed E-state index contributed by atoms with van der Waals surface area (Å²) in [6.07, 6.45) is 9.62. The number of anilines is 2. The number of aryl methyl sites for hydroxylation is 1. The van der Waals surface area contributed by atoms with Crippen molar-refractivity contribution in [1.82, 2.24) is 19.9 Å². The number of morpholine rings is 1. The molecule has 0 unspecified atom stereocenters. The Morgan fingerprint density at radius 3 is 2.56 bits per heavy atom. The monoisotopic (exact) mass is 434 g/mol. The lowest BCUT2D eigenvalue weighted by Gasteiger charge is -2.35. The minimum atomic E-state index is 0.178. The first-order chi connectivity index (χ1) is 15.7. The number of hydrogen-bond donors (Lipinski definition) is 0. The zero-order valence-electron chi connectivity index (χ0n) is 18.8. The Balaban J connectivity index is 1.30. The maximum atomic E-state index is 6.55. The van der Waals surface area contributed by atoms with E-state index >= 15 is 0 Å². The van der Waals surface area contributed by atoms with Gasteiger partial charge in [0.15, 0.2) is 0 Å². The molecular weight excluding hydrogens is 404 g/mol. The highest BCUT2D eigenvalue weighted by atomic mass is 16.5. The van der Waals surface area contributed by atoms with Gasteiger partial charge in [-0.15, -0.1) is 0 Å². The van der Waals surface area contributed by atoms with E-state index in [1.165, 1.54) is 0 Å². The van der Waals surface area contributed by atoms with Gasteiger partial charge in [-0.3, -0.25) is 4.98 Å². The molecule has 2 fully saturated rings. The molecule has 0 N–H and O–H groups in total. The Kier molecular flexibility index (Phi) is 6.03. The number of fused-ring (bicyclic) bond motifs is 1. The number of aromatic nitrogens is 4.